The van der Waals surface area contributed by atoms with Crippen molar-refractivity contribution in [1.82, 2.24) is 10.2 Å². The monoisotopic (exact) mass is 332 g/mol. The lowest BCUT2D eigenvalue weighted by atomic mass is 9.99. The van der Waals surface area contributed by atoms with Crippen LogP contribution in [0.15, 0.2) is 18.2 Å². The van der Waals surface area contributed by atoms with Crippen molar-refractivity contribution in [3.63, 3.8) is 0 Å². The first-order chi connectivity index (χ1) is 9.05. The fraction of sp³-hybridized carbons (Fsp3) is 0.625. The Bertz CT molecular complexity index is 473. The Kier molecular flexibility index (Phi) is 6.36. The van der Waals surface area contributed by atoms with Crippen LogP contribution in [-0.4, -0.2) is 36.7 Å². The second-order valence-corrected chi connectivity index (χ2v) is 6.37. The Hall–Kier alpha value is -0.480. The van der Waals surface area contributed by atoms with Gasteiger partial charge in [0.05, 0.1) is 0 Å². The number of fused-ring (bicyclic) bond motifs is 1. The van der Waals surface area contributed by atoms with Crippen molar-refractivity contribution in [1.29, 1.82) is 0 Å². The highest BCUT2D eigenvalue weighted by atomic mass is 35.5. The number of benzene rings is 1. The van der Waals surface area contributed by atoms with Gasteiger partial charge >= 0.3 is 0 Å². The Morgan fingerprint density at radius 1 is 1.19 bits per heavy atom. The summed E-state index contributed by atoms with van der Waals surface area (Å²) in [5.41, 5.74) is 2.68. The lowest BCUT2D eigenvalue weighted by Gasteiger charge is -2.33. The summed E-state index contributed by atoms with van der Waals surface area (Å²) in [5.74, 6) is 1.09. The molecule has 0 radical (unpaired) electrons. The maximum Gasteiger partial charge on any atom is 0.123 e. The molecule has 3 rings (SSSR count). The standard InChI is InChI=1S/C16H24N2O.2ClH/c1-12(18-8-6-17-7-9-18)13-4-5-14-11-16(2,3)19-15(14)10-13;;/h4-5,10,12,17H,6-9,11H2,1-3H3;2*1H. The lowest BCUT2D eigenvalue weighted by molar-refractivity contribution is 0.138. The quantitative estimate of drug-likeness (QED) is 0.899. The van der Waals surface area contributed by atoms with Crippen LogP contribution in [0, 0.1) is 0 Å². The van der Waals surface area contributed by atoms with Gasteiger partial charge in [0.15, 0.2) is 0 Å². The van der Waals surface area contributed by atoms with Crippen LogP contribution in [0.25, 0.3) is 0 Å². The molecule has 2 aliphatic heterocycles. The van der Waals surface area contributed by atoms with Gasteiger partial charge in [-0.25, -0.2) is 0 Å². The topological polar surface area (TPSA) is 24.5 Å². The van der Waals surface area contributed by atoms with E-state index in [0.717, 1.165) is 38.3 Å². The molecule has 21 heavy (non-hydrogen) atoms. The van der Waals surface area contributed by atoms with Crippen molar-refractivity contribution >= 4 is 24.8 Å². The Labute approximate surface area is 140 Å². The number of rotatable bonds is 2. The van der Waals surface area contributed by atoms with Crippen molar-refractivity contribution in [2.24, 2.45) is 0 Å². The van der Waals surface area contributed by atoms with E-state index in [1.807, 2.05) is 0 Å². The highest BCUT2D eigenvalue weighted by Crippen LogP contribution is 2.37. The summed E-state index contributed by atoms with van der Waals surface area (Å²) in [6, 6.07) is 7.24. The van der Waals surface area contributed by atoms with E-state index in [0.29, 0.717) is 6.04 Å². The molecule has 0 bridgehead atoms. The van der Waals surface area contributed by atoms with Crippen LogP contribution >= 0.6 is 24.8 Å². The first kappa shape index (κ1) is 18.6. The molecule has 1 fully saturated rings. The maximum atomic E-state index is 6.04. The number of hydrogen-bond donors (Lipinski definition) is 1. The Morgan fingerprint density at radius 3 is 2.52 bits per heavy atom. The average Bonchev–Trinajstić information content (AvgIpc) is 2.71. The highest BCUT2D eigenvalue weighted by Gasteiger charge is 2.30. The van der Waals surface area contributed by atoms with Gasteiger partial charge in [0.1, 0.15) is 11.4 Å². The number of hydrogen-bond acceptors (Lipinski definition) is 3. The smallest absolute Gasteiger partial charge is 0.123 e. The Morgan fingerprint density at radius 2 is 1.86 bits per heavy atom. The molecule has 3 nitrogen and oxygen atoms in total. The number of ether oxygens (including phenoxy) is 1. The summed E-state index contributed by atoms with van der Waals surface area (Å²) >= 11 is 0. The van der Waals surface area contributed by atoms with E-state index in [1.165, 1.54) is 11.1 Å². The van der Waals surface area contributed by atoms with E-state index in [-0.39, 0.29) is 30.4 Å². The highest BCUT2D eigenvalue weighted by molar-refractivity contribution is 5.85. The third-order valence-electron chi connectivity index (χ3n) is 4.28. The molecule has 5 heteroatoms. The molecule has 1 unspecified atom stereocenters. The van der Waals surface area contributed by atoms with Gasteiger partial charge in [-0.05, 0) is 38.0 Å². The summed E-state index contributed by atoms with van der Waals surface area (Å²) in [7, 11) is 0. The molecule has 0 spiro atoms. The molecule has 2 aliphatic rings. The minimum atomic E-state index is -0.0424. The fourth-order valence-corrected chi connectivity index (χ4v) is 3.14. The van der Waals surface area contributed by atoms with Gasteiger partial charge in [-0.3, -0.25) is 4.90 Å². The number of piperazine rings is 1. The van der Waals surface area contributed by atoms with Gasteiger partial charge in [0, 0.05) is 38.6 Å². The second kappa shape index (κ2) is 7.19. The van der Waals surface area contributed by atoms with Crippen LogP contribution in [0.4, 0.5) is 0 Å². The van der Waals surface area contributed by atoms with Gasteiger partial charge in [0.25, 0.3) is 0 Å². The average molecular weight is 333 g/mol. The zero-order chi connectivity index (χ0) is 13.5. The van der Waals surface area contributed by atoms with Crippen molar-refractivity contribution in [2.45, 2.75) is 38.8 Å². The molecule has 0 aliphatic carbocycles. The molecule has 1 aromatic rings. The Balaban J connectivity index is 0.00000110. The molecule has 0 amide bonds. The van der Waals surface area contributed by atoms with Gasteiger partial charge in [-0.1, -0.05) is 12.1 Å². The van der Waals surface area contributed by atoms with Crippen molar-refractivity contribution in [3.8, 4) is 5.75 Å². The molecular weight excluding hydrogens is 307 g/mol. The molecule has 0 saturated carbocycles. The fourth-order valence-electron chi connectivity index (χ4n) is 3.14. The summed E-state index contributed by atoms with van der Waals surface area (Å²) < 4.78 is 6.04. The largest absolute Gasteiger partial charge is 0.487 e. The van der Waals surface area contributed by atoms with Gasteiger partial charge in [0.2, 0.25) is 0 Å². The van der Waals surface area contributed by atoms with Crippen molar-refractivity contribution in [3.05, 3.63) is 29.3 Å². The molecule has 1 saturated heterocycles. The molecule has 120 valence electrons. The van der Waals surface area contributed by atoms with Crippen LogP contribution in [0.1, 0.15) is 37.9 Å². The van der Waals surface area contributed by atoms with Crippen LogP contribution in [-0.2, 0) is 6.42 Å². The molecule has 1 atom stereocenters. The summed E-state index contributed by atoms with van der Waals surface area (Å²) in [6.45, 7) is 11.1. The van der Waals surface area contributed by atoms with Gasteiger partial charge in [-0.2, -0.15) is 0 Å². The van der Waals surface area contributed by atoms with Crippen LogP contribution in [0.3, 0.4) is 0 Å². The number of nitrogens with one attached hydrogen (secondary N) is 1. The SMILES string of the molecule is CC(c1ccc2c(c1)OC(C)(C)C2)N1CCNCC1.Cl.Cl. The molecule has 1 N–H and O–H groups in total. The van der Waals surface area contributed by atoms with E-state index in [2.05, 4.69) is 49.2 Å². The zero-order valence-corrected chi connectivity index (χ0v) is 14.6. The van der Waals surface area contributed by atoms with E-state index in [1.54, 1.807) is 0 Å². The summed E-state index contributed by atoms with van der Waals surface area (Å²) in [6.07, 6.45) is 1.02. The number of halogens is 2. The number of nitrogens with zero attached hydrogens (tertiary/aromatic N) is 1. The first-order valence-electron chi connectivity index (χ1n) is 7.32. The van der Waals surface area contributed by atoms with E-state index < -0.39 is 0 Å². The van der Waals surface area contributed by atoms with Crippen LogP contribution in [0.2, 0.25) is 0 Å². The first-order valence-corrected chi connectivity index (χ1v) is 7.32. The second-order valence-electron chi connectivity index (χ2n) is 6.37. The summed E-state index contributed by atoms with van der Waals surface area (Å²) in [5, 5.41) is 3.41. The van der Waals surface area contributed by atoms with Gasteiger partial charge in [-0.15, -0.1) is 24.8 Å². The maximum absolute atomic E-state index is 6.04. The van der Waals surface area contributed by atoms with E-state index in [4.69, 9.17) is 4.74 Å². The molecule has 2 heterocycles. The van der Waals surface area contributed by atoms with E-state index in [9.17, 15) is 0 Å². The molecule has 1 aromatic carbocycles. The minimum Gasteiger partial charge on any atom is -0.487 e. The van der Waals surface area contributed by atoms with Crippen LogP contribution in [0.5, 0.6) is 5.75 Å². The van der Waals surface area contributed by atoms with Crippen LogP contribution < -0.4 is 10.1 Å². The lowest BCUT2D eigenvalue weighted by Crippen LogP contribution is -2.44. The van der Waals surface area contributed by atoms with E-state index >= 15 is 0 Å². The normalized spacial score (nSPS) is 21.5. The zero-order valence-electron chi connectivity index (χ0n) is 13.0. The third-order valence-corrected chi connectivity index (χ3v) is 4.28. The van der Waals surface area contributed by atoms with Gasteiger partial charge < -0.3 is 10.1 Å². The minimum absolute atomic E-state index is 0. The molecule has 0 aromatic heterocycles. The summed E-state index contributed by atoms with van der Waals surface area (Å²) in [4.78, 5) is 2.54. The third kappa shape index (κ3) is 4.04. The predicted molar refractivity (Wildman–Crippen MR) is 92.2 cm³/mol. The van der Waals surface area contributed by atoms with Crippen molar-refractivity contribution < 1.29 is 4.74 Å². The molecular formula is C16H26Cl2N2O. The van der Waals surface area contributed by atoms with Crippen molar-refractivity contribution in [2.75, 3.05) is 26.2 Å². The predicted octanol–water partition coefficient (Wildman–Crippen LogP) is 3.21.